The van der Waals surface area contributed by atoms with Crippen molar-refractivity contribution < 1.29 is 237 Å². The largest absolute Gasteiger partial charge is 0.477 e. The number of hydrogen-bond acceptors (Lipinski definition) is 47. The summed E-state index contributed by atoms with van der Waals surface area (Å²) in [4.78, 5) is 65.3. The molecule has 8 fully saturated rings. The normalized spacial score (nSPS) is 45.3. The molecule has 45 atom stereocenters. The molecule has 8 rings (SSSR count). The number of amides is 3. The zero-order valence-electron chi connectivity index (χ0n) is 62.9. The first kappa shape index (κ1) is 97.2. The second-order valence-electron chi connectivity index (χ2n) is 29.2. The number of carbonyl (C=O) groups excluding carboxylic acids is 4. The van der Waals surface area contributed by atoms with E-state index in [-0.39, 0.29) is 0 Å². The van der Waals surface area contributed by atoms with Crippen molar-refractivity contribution in [3.63, 3.8) is 0 Å². The van der Waals surface area contributed by atoms with E-state index in [1.54, 1.807) is 0 Å². The molecule has 0 unspecified atom stereocenters. The maximum atomic E-state index is 13.7. The van der Waals surface area contributed by atoms with Gasteiger partial charge in [0.15, 0.2) is 44.0 Å². The molecule has 0 aliphatic carbocycles. The highest BCUT2D eigenvalue weighted by Gasteiger charge is 2.62. The predicted octanol–water partition coefficient (Wildman–Crippen LogP) is -18.7. The van der Waals surface area contributed by atoms with E-state index in [0.717, 1.165) is 27.7 Å². The molecule has 116 heavy (non-hydrogen) atoms. The number of hydrogen-bond donors (Lipinski definition) is 29. The Morgan fingerprint density at radius 1 is 0.405 bits per heavy atom. The number of aliphatic carboxylic acids is 1. The highest BCUT2D eigenvalue weighted by molar-refractivity contribution is 5.77. The maximum Gasteiger partial charge on any atom is 0.364 e. The van der Waals surface area contributed by atoms with Crippen molar-refractivity contribution in [1.82, 2.24) is 16.0 Å². The molecule has 0 aromatic carbocycles. The summed E-state index contributed by atoms with van der Waals surface area (Å²) in [6.45, 7) is -3.80. The highest BCUT2D eigenvalue weighted by atomic mass is 16.8. The summed E-state index contributed by atoms with van der Waals surface area (Å²) < 4.78 is 101. The standard InChI is InChI=1S/C65H109N3O48/c1-16-34(82)41(89)45(93)59(102-16)113-54-32(67-19(4)76)57(106-27(12-73)51(54)111-61-47(95)43(91)38(86)26(11-72)105-61)100-14-29-40(88)56(49(97)63(108-29)110-50(24(81)10-71)36(84)22(79)8-69)115-58-33(68-20(5)77)55(114-60-46(94)42(90)35(83)17(2)103-60)52(28(13-74)107-58)112-62-48(96)44(92)39(87)30(109-62)15-101-65(64(98)99)7-25(104-21(6)78)31(66-18(3)75)53(116-65)37(85)23(80)9-70/h16-17,22-63,69-74,79-97H,7-15H2,1-6H3,(H,66,75)(H,67,76)(H,68,77)(H,98,99)/t16-,17-,22-,23+,24+,25-,26+,27+,28+,29+,30+,31+,32+,33+,34+,35+,36+,37+,38-,39-,40-,41+,42+,43-,44-,45-,46-,47+,48+,49+,50+,51+,52+,53+,54+,55+,56-,57+,58-,59-,60-,61-,62-,63-,65+/m0/s1. The number of nitrogens with one attached hydrogen (secondary N) is 3. The van der Waals surface area contributed by atoms with Crippen molar-refractivity contribution in [3.8, 4) is 0 Å². The molecule has 672 valence electrons. The maximum absolute atomic E-state index is 13.7. The molecule has 8 saturated heterocycles. The van der Waals surface area contributed by atoms with Gasteiger partial charge in [-0.25, -0.2) is 4.79 Å². The van der Waals surface area contributed by atoms with Gasteiger partial charge in [-0.3, -0.25) is 19.2 Å². The number of carbonyl (C=O) groups is 5. The molecule has 0 aromatic rings. The van der Waals surface area contributed by atoms with Crippen LogP contribution in [0.15, 0.2) is 0 Å². The number of esters is 1. The molecular weight excluding hydrogens is 1590 g/mol. The van der Waals surface area contributed by atoms with Crippen LogP contribution in [0.4, 0.5) is 0 Å². The highest BCUT2D eigenvalue weighted by Crippen LogP contribution is 2.41. The van der Waals surface area contributed by atoms with Crippen LogP contribution in [-0.4, -0.2) is 491 Å². The van der Waals surface area contributed by atoms with Gasteiger partial charge in [0.25, 0.3) is 5.79 Å². The Morgan fingerprint density at radius 3 is 1.24 bits per heavy atom. The molecule has 0 bridgehead atoms. The summed E-state index contributed by atoms with van der Waals surface area (Å²) in [7, 11) is 0. The van der Waals surface area contributed by atoms with Crippen molar-refractivity contribution in [1.29, 1.82) is 0 Å². The van der Waals surface area contributed by atoms with Crippen LogP contribution in [0.3, 0.4) is 0 Å². The molecule has 0 saturated carbocycles. The Labute approximate surface area is 657 Å². The molecule has 51 nitrogen and oxygen atoms in total. The Morgan fingerprint density at radius 2 is 0.793 bits per heavy atom. The third-order valence-electron chi connectivity index (χ3n) is 20.8. The lowest BCUT2D eigenvalue weighted by atomic mass is 9.88. The lowest BCUT2D eigenvalue weighted by molar-refractivity contribution is -0.392. The first-order valence-electron chi connectivity index (χ1n) is 36.8. The minimum absolute atomic E-state index is 0.855. The fourth-order valence-corrected chi connectivity index (χ4v) is 14.4. The van der Waals surface area contributed by atoms with Crippen molar-refractivity contribution in [2.75, 3.05) is 52.9 Å². The summed E-state index contributed by atoms with van der Waals surface area (Å²) in [6, 6.07) is -5.82. The number of ether oxygens (including phenoxy) is 17. The van der Waals surface area contributed by atoms with E-state index in [9.17, 15) is 157 Å². The van der Waals surface area contributed by atoms with Crippen LogP contribution >= 0.6 is 0 Å². The Hall–Kier alpha value is -4.29. The summed E-state index contributed by atoms with van der Waals surface area (Å²) in [5, 5.41) is 293. The van der Waals surface area contributed by atoms with Gasteiger partial charge in [-0.2, -0.15) is 0 Å². The van der Waals surface area contributed by atoms with Gasteiger partial charge >= 0.3 is 11.9 Å². The van der Waals surface area contributed by atoms with E-state index >= 15 is 0 Å². The Bertz CT molecular complexity index is 3110. The lowest BCUT2D eigenvalue weighted by Crippen LogP contribution is -2.71. The molecule has 29 N–H and O–H groups in total. The van der Waals surface area contributed by atoms with Crippen molar-refractivity contribution in [3.05, 3.63) is 0 Å². The van der Waals surface area contributed by atoms with Crippen LogP contribution < -0.4 is 16.0 Å². The van der Waals surface area contributed by atoms with Crippen LogP contribution in [0, 0.1) is 0 Å². The summed E-state index contributed by atoms with van der Waals surface area (Å²) in [5.41, 5.74) is 0. The van der Waals surface area contributed by atoms with Crippen LogP contribution in [0.5, 0.6) is 0 Å². The van der Waals surface area contributed by atoms with Gasteiger partial charge in [-0.15, -0.1) is 0 Å². The molecule has 0 aromatic heterocycles. The Balaban J connectivity index is 1.17. The van der Waals surface area contributed by atoms with E-state index in [1.165, 1.54) is 13.8 Å². The third kappa shape index (κ3) is 22.0. The van der Waals surface area contributed by atoms with Gasteiger partial charge in [0.2, 0.25) is 17.7 Å². The Kier molecular flexibility index (Phi) is 35.3. The average molecular weight is 1700 g/mol. The number of carboxylic acids is 1. The van der Waals surface area contributed by atoms with Crippen molar-refractivity contribution in [2.45, 2.75) is 323 Å². The van der Waals surface area contributed by atoms with Crippen molar-refractivity contribution >= 4 is 29.7 Å². The zero-order valence-corrected chi connectivity index (χ0v) is 62.9. The van der Waals surface area contributed by atoms with Gasteiger partial charge in [0, 0.05) is 27.7 Å². The van der Waals surface area contributed by atoms with Crippen LogP contribution in [-0.2, 0) is 104 Å². The summed E-state index contributed by atoms with van der Waals surface area (Å²) in [6.07, 6.45) is -89.4. The van der Waals surface area contributed by atoms with E-state index in [0.29, 0.717) is 0 Å². The zero-order chi connectivity index (χ0) is 86.3. The van der Waals surface area contributed by atoms with Gasteiger partial charge in [-0.05, 0) is 13.8 Å². The molecule has 8 heterocycles. The molecule has 8 aliphatic heterocycles. The van der Waals surface area contributed by atoms with E-state index in [4.69, 9.17) is 80.5 Å². The average Bonchev–Trinajstić information content (AvgIpc) is 0.763. The second-order valence-corrected chi connectivity index (χ2v) is 29.2. The molecule has 0 radical (unpaired) electrons. The number of carboxylic acid groups (broad SMARTS) is 1. The van der Waals surface area contributed by atoms with Crippen LogP contribution in [0.25, 0.3) is 0 Å². The summed E-state index contributed by atoms with van der Waals surface area (Å²) in [5.74, 6) is -9.31. The van der Waals surface area contributed by atoms with Gasteiger partial charge in [0.1, 0.15) is 207 Å². The molecule has 0 spiro atoms. The van der Waals surface area contributed by atoms with E-state index in [2.05, 4.69) is 16.0 Å². The monoisotopic (exact) mass is 1700 g/mol. The number of rotatable bonds is 34. The van der Waals surface area contributed by atoms with Gasteiger partial charge < -0.3 is 229 Å². The SMILES string of the molecule is CC(=O)N[C@H]1[C@H](OC[C@H]2O[C@@H](O[C@@H]([C@H](O)[C@@H](O)CO)[C@H](O)CO)[C@H](O)[C@@H](O[C@@H]3O[C@H](CO)[C@@H](O[C@@H]4O[C@H](CO[C@]5(C(=O)O)C[C@H](OC(C)=O)[C@@H](NC(C)=O)[C@H]([C@H](O)[C@H](O)CO)O5)[C@H](O)[C@H](O)[C@H]4O)[C@H](O[C@@H]4O[C@@H](C)[C@@H](O)[C@@H](O)[C@@H]4O)[C@H]3NC(C)=O)[C@H]2O)O[C@H](CO)[C@@H](O[C@@H]2O[C@H](CO)[C@H](O)[C@H](O)[C@H]2O)[C@@H]1O[C@@H]1O[C@@H](C)[C@@H](O)[C@@H](O)[C@@H]1O. The summed E-state index contributed by atoms with van der Waals surface area (Å²) >= 11 is 0. The van der Waals surface area contributed by atoms with Gasteiger partial charge in [0.05, 0.1) is 77.5 Å². The molecule has 8 aliphatic rings. The fraction of sp³-hybridized carbons (Fsp3) is 0.923. The minimum Gasteiger partial charge on any atom is -0.477 e. The molecular formula is C65H109N3O48. The second kappa shape index (κ2) is 42.2. The third-order valence-corrected chi connectivity index (χ3v) is 20.8. The number of aliphatic hydroxyl groups is 25. The van der Waals surface area contributed by atoms with Crippen molar-refractivity contribution in [2.24, 2.45) is 0 Å². The molecule has 51 heteroatoms. The molecule has 3 amide bonds. The van der Waals surface area contributed by atoms with E-state index < -0.39 is 364 Å². The first-order chi connectivity index (χ1) is 54.5. The van der Waals surface area contributed by atoms with E-state index in [1.807, 2.05) is 0 Å². The van der Waals surface area contributed by atoms with Crippen LogP contribution in [0.1, 0.15) is 48.0 Å². The lowest BCUT2D eigenvalue weighted by Gasteiger charge is -2.52. The van der Waals surface area contributed by atoms with Gasteiger partial charge in [-0.1, -0.05) is 0 Å². The smallest absolute Gasteiger partial charge is 0.364 e. The fourth-order valence-electron chi connectivity index (χ4n) is 14.4. The quantitative estimate of drug-likeness (QED) is 0.0266. The first-order valence-corrected chi connectivity index (χ1v) is 36.8. The topological polar surface area (TPSA) is 804 Å². The minimum atomic E-state index is -3.18. The predicted molar refractivity (Wildman–Crippen MR) is 358 cm³/mol. The van der Waals surface area contributed by atoms with Crippen LogP contribution in [0.2, 0.25) is 0 Å². The number of aliphatic hydroxyl groups excluding tert-OH is 25.